The monoisotopic (exact) mass is 431 g/mol. The zero-order valence-electron chi connectivity index (χ0n) is 18.8. The van der Waals surface area contributed by atoms with Crippen molar-refractivity contribution in [3.8, 4) is 5.75 Å². The van der Waals surface area contributed by atoms with Crippen LogP contribution in [0, 0.1) is 5.92 Å². The molecule has 0 radical (unpaired) electrons. The van der Waals surface area contributed by atoms with Gasteiger partial charge < -0.3 is 14.6 Å². The van der Waals surface area contributed by atoms with Gasteiger partial charge in [-0.3, -0.25) is 9.69 Å². The molecule has 0 bridgehead atoms. The molecule has 3 heterocycles. The van der Waals surface area contributed by atoms with E-state index >= 15 is 0 Å². The summed E-state index contributed by atoms with van der Waals surface area (Å²) in [5.74, 6) is 1.33. The van der Waals surface area contributed by atoms with E-state index in [1.165, 1.54) is 35.7 Å². The van der Waals surface area contributed by atoms with E-state index in [2.05, 4.69) is 34.1 Å². The predicted molar refractivity (Wildman–Crippen MR) is 128 cm³/mol. The van der Waals surface area contributed by atoms with Gasteiger partial charge in [-0.15, -0.1) is 0 Å². The van der Waals surface area contributed by atoms with Crippen molar-refractivity contribution in [2.24, 2.45) is 5.92 Å². The van der Waals surface area contributed by atoms with Crippen molar-refractivity contribution < 1.29 is 9.53 Å². The number of amides is 1. The van der Waals surface area contributed by atoms with Crippen molar-refractivity contribution in [1.82, 2.24) is 14.8 Å². The number of hydrogen-bond acceptors (Lipinski definition) is 3. The number of carbonyl (C=O) groups excluding carboxylic acids is 1. The third-order valence-corrected chi connectivity index (χ3v) is 6.86. The van der Waals surface area contributed by atoms with Crippen LogP contribution in [0.15, 0.2) is 54.7 Å². The van der Waals surface area contributed by atoms with Crippen LogP contribution in [0.25, 0.3) is 10.9 Å². The van der Waals surface area contributed by atoms with Crippen LogP contribution >= 0.6 is 0 Å². The summed E-state index contributed by atoms with van der Waals surface area (Å²) in [6, 6.07) is 16.6. The maximum atomic E-state index is 13.0. The third kappa shape index (κ3) is 4.83. The second kappa shape index (κ2) is 9.78. The molecule has 1 atom stereocenters. The molecule has 1 unspecified atom stereocenters. The van der Waals surface area contributed by atoms with Crippen LogP contribution < -0.4 is 4.74 Å². The van der Waals surface area contributed by atoms with E-state index in [0.717, 1.165) is 51.3 Å². The Morgan fingerprint density at radius 2 is 1.88 bits per heavy atom. The Morgan fingerprint density at radius 3 is 2.78 bits per heavy atom. The van der Waals surface area contributed by atoms with Gasteiger partial charge in [-0.2, -0.15) is 0 Å². The van der Waals surface area contributed by atoms with Crippen molar-refractivity contribution in [1.29, 1.82) is 0 Å². The van der Waals surface area contributed by atoms with Crippen LogP contribution in [-0.2, 0) is 6.54 Å². The molecule has 5 heteroatoms. The number of nitrogens with one attached hydrogen (secondary N) is 1. The summed E-state index contributed by atoms with van der Waals surface area (Å²) in [5, 5.41) is 1.27. The summed E-state index contributed by atoms with van der Waals surface area (Å²) < 4.78 is 6.26. The first kappa shape index (κ1) is 21.1. The molecule has 0 saturated carbocycles. The van der Waals surface area contributed by atoms with Gasteiger partial charge in [0.15, 0.2) is 0 Å². The molecule has 3 aromatic rings. The summed E-state index contributed by atoms with van der Waals surface area (Å²) in [7, 11) is 0. The number of carbonyl (C=O) groups is 1. The van der Waals surface area contributed by atoms with Crippen molar-refractivity contribution in [2.45, 2.75) is 38.6 Å². The number of aromatic nitrogens is 1. The Labute approximate surface area is 190 Å². The highest BCUT2D eigenvalue weighted by Crippen LogP contribution is 2.25. The topological polar surface area (TPSA) is 48.6 Å². The highest BCUT2D eigenvalue weighted by molar-refractivity contribution is 5.97. The van der Waals surface area contributed by atoms with Gasteiger partial charge in [-0.05, 0) is 79.9 Å². The van der Waals surface area contributed by atoms with Crippen LogP contribution in [0.1, 0.15) is 48.0 Å². The minimum atomic E-state index is 0.116. The zero-order chi connectivity index (χ0) is 21.8. The molecule has 5 nitrogen and oxygen atoms in total. The van der Waals surface area contributed by atoms with Gasteiger partial charge in [-0.25, -0.2) is 0 Å². The lowest BCUT2D eigenvalue weighted by atomic mass is 9.98. The van der Waals surface area contributed by atoms with Gasteiger partial charge in [0.1, 0.15) is 5.75 Å². The fourth-order valence-electron chi connectivity index (χ4n) is 5.13. The van der Waals surface area contributed by atoms with Gasteiger partial charge >= 0.3 is 0 Å². The number of H-pyrrole nitrogens is 1. The molecule has 1 N–H and O–H groups in total. The zero-order valence-corrected chi connectivity index (χ0v) is 18.8. The molecular formula is C27H33N3O2. The van der Waals surface area contributed by atoms with Crippen LogP contribution in [0.2, 0.25) is 0 Å². The fourth-order valence-corrected chi connectivity index (χ4v) is 5.13. The highest BCUT2D eigenvalue weighted by atomic mass is 16.5. The first-order valence-corrected chi connectivity index (χ1v) is 12.1. The summed E-state index contributed by atoms with van der Waals surface area (Å²) >= 11 is 0. The predicted octanol–water partition coefficient (Wildman–Crippen LogP) is 5.09. The standard InChI is InChI=1S/C27H33N3O2/c31-27(30-15-4-1-5-16-30)24-8-2-3-9-26(24)32-20-22-7-6-14-29(19-22)18-21-10-11-25-23(17-21)12-13-28-25/h2-3,8-13,17,22,28H,1,4-7,14-16,18-20H2. The van der Waals surface area contributed by atoms with Crippen molar-refractivity contribution in [3.05, 3.63) is 65.9 Å². The molecule has 2 aromatic carbocycles. The van der Waals surface area contributed by atoms with E-state index in [1.54, 1.807) is 0 Å². The molecule has 0 aliphatic carbocycles. The molecule has 2 fully saturated rings. The number of para-hydroxylation sites is 1. The summed E-state index contributed by atoms with van der Waals surface area (Å²) in [6.07, 6.45) is 7.79. The number of rotatable bonds is 6. The van der Waals surface area contributed by atoms with E-state index in [-0.39, 0.29) is 5.91 Å². The van der Waals surface area contributed by atoms with Crippen LogP contribution in [0.4, 0.5) is 0 Å². The number of piperidine rings is 2. The number of ether oxygens (including phenoxy) is 1. The number of benzene rings is 2. The van der Waals surface area contributed by atoms with Gasteiger partial charge in [0.2, 0.25) is 0 Å². The number of nitrogens with zero attached hydrogens (tertiary/aromatic N) is 2. The summed E-state index contributed by atoms with van der Waals surface area (Å²) in [5.41, 5.74) is 3.26. The lowest BCUT2D eigenvalue weighted by Gasteiger charge is -2.33. The van der Waals surface area contributed by atoms with E-state index < -0.39 is 0 Å². The smallest absolute Gasteiger partial charge is 0.257 e. The molecule has 1 amide bonds. The maximum absolute atomic E-state index is 13.0. The lowest BCUT2D eigenvalue weighted by molar-refractivity contribution is 0.0716. The molecule has 1 aromatic heterocycles. The normalized spacial score (nSPS) is 19.9. The van der Waals surface area contributed by atoms with Crippen molar-refractivity contribution in [3.63, 3.8) is 0 Å². The molecule has 32 heavy (non-hydrogen) atoms. The highest BCUT2D eigenvalue weighted by Gasteiger charge is 2.24. The molecule has 5 rings (SSSR count). The van der Waals surface area contributed by atoms with Crippen LogP contribution in [0.5, 0.6) is 5.75 Å². The van der Waals surface area contributed by atoms with Gasteiger partial charge in [0.05, 0.1) is 12.2 Å². The largest absolute Gasteiger partial charge is 0.492 e. The Kier molecular flexibility index (Phi) is 6.44. The van der Waals surface area contributed by atoms with E-state index in [1.807, 2.05) is 35.4 Å². The lowest BCUT2D eigenvalue weighted by Crippen LogP contribution is -2.37. The number of aromatic amines is 1. The Balaban J connectivity index is 1.19. The van der Waals surface area contributed by atoms with E-state index in [0.29, 0.717) is 18.1 Å². The van der Waals surface area contributed by atoms with E-state index in [9.17, 15) is 4.79 Å². The van der Waals surface area contributed by atoms with Gasteiger partial charge in [0.25, 0.3) is 5.91 Å². The van der Waals surface area contributed by atoms with Crippen LogP contribution in [0.3, 0.4) is 0 Å². The second-order valence-electron chi connectivity index (χ2n) is 9.30. The number of likely N-dealkylation sites (tertiary alicyclic amines) is 2. The third-order valence-electron chi connectivity index (χ3n) is 6.86. The Morgan fingerprint density at radius 1 is 1.00 bits per heavy atom. The Bertz CT molecular complexity index is 1050. The molecule has 168 valence electrons. The SMILES string of the molecule is O=C(c1ccccc1OCC1CCCN(Cc2ccc3[nH]ccc3c2)C1)N1CCCCC1. The average Bonchev–Trinajstić information content (AvgIpc) is 3.31. The minimum Gasteiger partial charge on any atom is -0.492 e. The number of fused-ring (bicyclic) bond motifs is 1. The van der Waals surface area contributed by atoms with E-state index in [4.69, 9.17) is 4.74 Å². The number of hydrogen-bond donors (Lipinski definition) is 1. The quantitative estimate of drug-likeness (QED) is 0.592. The first-order valence-electron chi connectivity index (χ1n) is 12.1. The summed E-state index contributed by atoms with van der Waals surface area (Å²) in [4.78, 5) is 20.8. The maximum Gasteiger partial charge on any atom is 0.257 e. The van der Waals surface area contributed by atoms with Gasteiger partial charge in [0, 0.05) is 43.8 Å². The fraction of sp³-hybridized carbons (Fsp3) is 0.444. The van der Waals surface area contributed by atoms with Crippen molar-refractivity contribution in [2.75, 3.05) is 32.8 Å². The van der Waals surface area contributed by atoms with Crippen LogP contribution in [-0.4, -0.2) is 53.5 Å². The van der Waals surface area contributed by atoms with Gasteiger partial charge in [-0.1, -0.05) is 18.2 Å². The minimum absolute atomic E-state index is 0.116. The molecule has 2 aliphatic rings. The summed E-state index contributed by atoms with van der Waals surface area (Å²) in [6.45, 7) is 5.52. The second-order valence-corrected chi connectivity index (χ2v) is 9.30. The molecule has 2 aliphatic heterocycles. The first-order chi connectivity index (χ1) is 15.8. The molecule has 0 spiro atoms. The average molecular weight is 432 g/mol. The Hall–Kier alpha value is -2.79. The molecular weight excluding hydrogens is 398 g/mol. The molecule has 2 saturated heterocycles. The van der Waals surface area contributed by atoms with Crippen molar-refractivity contribution >= 4 is 16.8 Å².